The summed E-state index contributed by atoms with van der Waals surface area (Å²) in [6.07, 6.45) is 5.73. The van der Waals surface area contributed by atoms with E-state index in [2.05, 4.69) is 243 Å². The largest absolute Gasteiger partial charge is 0.454 e. The first-order valence-electron chi connectivity index (χ1n) is 22.0. The van der Waals surface area contributed by atoms with Crippen LogP contribution in [-0.2, 0) is 5.41 Å². The van der Waals surface area contributed by atoms with Crippen LogP contribution in [0, 0.1) is 6.92 Å². The Labute approximate surface area is 375 Å². The van der Waals surface area contributed by atoms with Crippen molar-refractivity contribution in [2.75, 3.05) is 4.90 Å². The van der Waals surface area contributed by atoms with Gasteiger partial charge in [-0.3, -0.25) is 0 Å². The highest BCUT2D eigenvalue weighted by molar-refractivity contribution is 6.03. The number of para-hydroxylation sites is 1. The molecule has 1 aliphatic carbocycles. The number of aryl methyl sites for hydroxylation is 1. The molecule has 0 saturated carbocycles. The molecule has 2 heteroatoms. The summed E-state index contributed by atoms with van der Waals surface area (Å²) in [5.41, 5.74) is 18.7. The minimum Gasteiger partial charge on any atom is -0.454 e. The van der Waals surface area contributed by atoms with E-state index in [4.69, 9.17) is 4.42 Å². The van der Waals surface area contributed by atoms with Crippen LogP contribution in [0.1, 0.15) is 33.6 Å². The monoisotopic (exact) mass is 819 g/mol. The van der Waals surface area contributed by atoms with Crippen molar-refractivity contribution in [2.24, 2.45) is 0 Å². The predicted octanol–water partition coefficient (Wildman–Crippen LogP) is 16.8. The van der Waals surface area contributed by atoms with Crippen LogP contribution < -0.4 is 4.90 Å². The summed E-state index contributed by atoms with van der Waals surface area (Å²) < 4.78 is 6.85. The first-order chi connectivity index (χ1) is 31.6. The molecule has 2 nitrogen and oxygen atoms in total. The standard InChI is InChI=1S/C62H45NO/c1-3-4-36-59-43(2)53-31-18-35-58(61(53)64-59)63(52-39-37-47(38-40-52)44-20-8-5-9-21-44)57-34-19-33-56-60(57)54-30-14-15-32-55(54)62(56,50-28-16-26-48(41-50)45-22-10-6-11-23-45)51-29-17-27-49(42-51)46-24-12-7-13-25-46/h3-42H,1H2,2H3. The Kier molecular flexibility index (Phi) is 9.83. The van der Waals surface area contributed by atoms with Gasteiger partial charge in [-0.2, -0.15) is 0 Å². The molecule has 11 rings (SSSR count). The summed E-state index contributed by atoms with van der Waals surface area (Å²) in [6, 6.07) is 81.8. The van der Waals surface area contributed by atoms with Gasteiger partial charge < -0.3 is 9.32 Å². The maximum Gasteiger partial charge on any atom is 0.159 e. The lowest BCUT2D eigenvalue weighted by molar-refractivity contribution is 0.601. The fourth-order valence-electron chi connectivity index (χ4n) is 9.99. The van der Waals surface area contributed by atoms with Crippen LogP contribution in [0.2, 0.25) is 0 Å². The summed E-state index contributed by atoms with van der Waals surface area (Å²) in [4.78, 5) is 2.41. The molecule has 0 saturated heterocycles. The van der Waals surface area contributed by atoms with Crippen molar-refractivity contribution in [1.82, 2.24) is 0 Å². The van der Waals surface area contributed by atoms with Crippen LogP contribution in [0.4, 0.5) is 17.1 Å². The van der Waals surface area contributed by atoms with E-state index in [0.717, 1.165) is 44.9 Å². The maximum absolute atomic E-state index is 6.85. The van der Waals surface area contributed by atoms with Crippen molar-refractivity contribution >= 4 is 34.1 Å². The summed E-state index contributed by atoms with van der Waals surface area (Å²) in [6.45, 7) is 6.06. The first kappa shape index (κ1) is 38.7. The molecule has 0 N–H and O–H groups in total. The highest BCUT2D eigenvalue weighted by Crippen LogP contribution is 2.60. The number of furan rings is 1. The van der Waals surface area contributed by atoms with E-state index < -0.39 is 5.41 Å². The highest BCUT2D eigenvalue weighted by atomic mass is 16.3. The zero-order valence-electron chi connectivity index (χ0n) is 35.7. The maximum atomic E-state index is 6.85. The van der Waals surface area contributed by atoms with Gasteiger partial charge in [0.25, 0.3) is 0 Å². The fraction of sp³-hybridized carbons (Fsp3) is 0.0323. The van der Waals surface area contributed by atoms with Crippen molar-refractivity contribution in [3.8, 4) is 44.5 Å². The molecule has 304 valence electrons. The molecule has 9 aromatic carbocycles. The molecule has 0 atom stereocenters. The molecule has 0 amide bonds. The second-order valence-corrected chi connectivity index (χ2v) is 16.5. The van der Waals surface area contributed by atoms with Crippen LogP contribution in [0.15, 0.2) is 248 Å². The van der Waals surface area contributed by atoms with Gasteiger partial charge in [0.15, 0.2) is 5.58 Å². The zero-order chi connectivity index (χ0) is 43.0. The van der Waals surface area contributed by atoms with Crippen LogP contribution in [0.3, 0.4) is 0 Å². The van der Waals surface area contributed by atoms with Gasteiger partial charge in [-0.15, -0.1) is 0 Å². The average molecular weight is 820 g/mol. The lowest BCUT2D eigenvalue weighted by Crippen LogP contribution is -2.28. The number of nitrogens with zero attached hydrogens (tertiary/aromatic N) is 1. The van der Waals surface area contributed by atoms with Crippen LogP contribution in [0.5, 0.6) is 0 Å². The Morgan fingerprint density at radius 1 is 0.469 bits per heavy atom. The van der Waals surface area contributed by atoms with Crippen molar-refractivity contribution in [2.45, 2.75) is 12.3 Å². The SMILES string of the molecule is C=CC=Cc1oc2c(N(c3ccc(-c4ccccc4)cc3)c3cccc4c3-c3ccccc3C4(c3cccc(-c4ccccc4)c3)c3cccc(-c4ccccc4)c3)cccc2c1C. The van der Waals surface area contributed by atoms with Gasteiger partial charge >= 0.3 is 0 Å². The average Bonchev–Trinajstić information content (AvgIpc) is 3.87. The fourth-order valence-corrected chi connectivity index (χ4v) is 9.99. The topological polar surface area (TPSA) is 16.4 Å². The van der Waals surface area contributed by atoms with E-state index >= 15 is 0 Å². The molecule has 0 unspecified atom stereocenters. The number of benzene rings is 9. The number of hydrogen-bond acceptors (Lipinski definition) is 2. The van der Waals surface area contributed by atoms with E-state index in [1.165, 1.54) is 61.2 Å². The minimum atomic E-state index is -0.670. The summed E-state index contributed by atoms with van der Waals surface area (Å²) in [7, 11) is 0. The van der Waals surface area contributed by atoms with Crippen molar-refractivity contribution in [3.05, 3.63) is 277 Å². The van der Waals surface area contributed by atoms with Gasteiger partial charge in [-0.25, -0.2) is 0 Å². The van der Waals surface area contributed by atoms with Crippen LogP contribution in [0.25, 0.3) is 61.6 Å². The van der Waals surface area contributed by atoms with Gasteiger partial charge in [-0.05, 0) is 111 Å². The third-order valence-electron chi connectivity index (χ3n) is 12.9. The van der Waals surface area contributed by atoms with Gasteiger partial charge in [0, 0.05) is 22.2 Å². The smallest absolute Gasteiger partial charge is 0.159 e. The number of fused-ring (bicyclic) bond motifs is 4. The summed E-state index contributed by atoms with van der Waals surface area (Å²) >= 11 is 0. The highest BCUT2D eigenvalue weighted by Gasteiger charge is 2.47. The number of rotatable bonds is 10. The lowest BCUT2D eigenvalue weighted by atomic mass is 9.67. The molecule has 1 aromatic heterocycles. The Hall–Kier alpha value is -8.20. The Morgan fingerprint density at radius 2 is 0.969 bits per heavy atom. The van der Waals surface area contributed by atoms with E-state index in [-0.39, 0.29) is 0 Å². The zero-order valence-corrected chi connectivity index (χ0v) is 35.7. The van der Waals surface area contributed by atoms with Crippen LogP contribution >= 0.6 is 0 Å². The lowest BCUT2D eigenvalue weighted by Gasteiger charge is -2.35. The van der Waals surface area contributed by atoms with E-state index in [0.29, 0.717) is 0 Å². The van der Waals surface area contributed by atoms with E-state index in [1.54, 1.807) is 6.08 Å². The summed E-state index contributed by atoms with van der Waals surface area (Å²) in [5, 5.41) is 1.07. The Bertz CT molecular complexity index is 3260. The van der Waals surface area contributed by atoms with E-state index in [1.807, 2.05) is 12.2 Å². The van der Waals surface area contributed by atoms with Crippen molar-refractivity contribution in [1.29, 1.82) is 0 Å². The number of hydrogen-bond donors (Lipinski definition) is 0. The third kappa shape index (κ3) is 6.42. The Morgan fingerprint density at radius 3 is 1.59 bits per heavy atom. The molecule has 10 aromatic rings. The molecule has 0 fully saturated rings. The third-order valence-corrected chi connectivity index (χ3v) is 12.9. The molecule has 64 heavy (non-hydrogen) atoms. The second kappa shape index (κ2) is 16.2. The number of allylic oxidation sites excluding steroid dienone is 2. The van der Waals surface area contributed by atoms with Crippen molar-refractivity contribution in [3.63, 3.8) is 0 Å². The molecular weight excluding hydrogens is 775 g/mol. The molecule has 0 spiro atoms. The molecule has 0 aliphatic heterocycles. The van der Waals surface area contributed by atoms with Gasteiger partial charge in [0.2, 0.25) is 0 Å². The van der Waals surface area contributed by atoms with Gasteiger partial charge in [0.05, 0.1) is 16.8 Å². The molecular formula is C62H45NO. The minimum absolute atomic E-state index is 0.670. The molecule has 1 aliphatic rings. The molecule has 0 radical (unpaired) electrons. The van der Waals surface area contributed by atoms with Crippen molar-refractivity contribution < 1.29 is 4.42 Å². The molecule has 1 heterocycles. The second-order valence-electron chi connectivity index (χ2n) is 16.5. The Balaban J connectivity index is 1.21. The normalized spacial score (nSPS) is 12.6. The first-order valence-corrected chi connectivity index (χ1v) is 22.0. The number of anilines is 3. The van der Waals surface area contributed by atoms with E-state index in [9.17, 15) is 0 Å². The quantitative estimate of drug-likeness (QED) is 0.128. The molecule has 0 bridgehead atoms. The van der Waals surface area contributed by atoms with Gasteiger partial charge in [-0.1, -0.05) is 207 Å². The summed E-state index contributed by atoms with van der Waals surface area (Å²) in [5.74, 6) is 0.820. The van der Waals surface area contributed by atoms with Gasteiger partial charge in [0.1, 0.15) is 5.76 Å². The predicted molar refractivity (Wildman–Crippen MR) is 268 cm³/mol. The van der Waals surface area contributed by atoms with Crippen LogP contribution in [-0.4, -0.2) is 0 Å².